The third kappa shape index (κ3) is 7.80. The molecule has 0 aromatic rings. The zero-order valence-corrected chi connectivity index (χ0v) is 15.1. The van der Waals surface area contributed by atoms with E-state index in [9.17, 15) is 4.79 Å². The molecule has 0 aliphatic heterocycles. The SMILES string of the molecule is CCOC(OCC)C(C#CCOC(=O)C(C)C)(OCC)OCC. The molecule has 134 valence electrons. The van der Waals surface area contributed by atoms with E-state index in [2.05, 4.69) is 11.8 Å². The lowest BCUT2D eigenvalue weighted by Gasteiger charge is -2.34. The van der Waals surface area contributed by atoms with Gasteiger partial charge in [-0.05, 0) is 33.6 Å². The zero-order chi connectivity index (χ0) is 17.7. The van der Waals surface area contributed by atoms with Crippen LogP contribution in [0.3, 0.4) is 0 Å². The van der Waals surface area contributed by atoms with Crippen LogP contribution >= 0.6 is 0 Å². The molecule has 0 radical (unpaired) electrons. The van der Waals surface area contributed by atoms with Crippen LogP contribution in [0.1, 0.15) is 41.5 Å². The number of ether oxygens (including phenoxy) is 5. The highest BCUT2D eigenvalue weighted by molar-refractivity contribution is 5.71. The Morgan fingerprint density at radius 1 is 0.957 bits per heavy atom. The Kier molecular flexibility index (Phi) is 11.7. The van der Waals surface area contributed by atoms with Gasteiger partial charge in [0.05, 0.1) is 5.92 Å². The summed E-state index contributed by atoms with van der Waals surface area (Å²) in [7, 11) is 0. The van der Waals surface area contributed by atoms with E-state index >= 15 is 0 Å². The summed E-state index contributed by atoms with van der Waals surface area (Å²) in [4.78, 5) is 11.5. The lowest BCUT2D eigenvalue weighted by Crippen LogP contribution is -2.49. The minimum absolute atomic E-state index is 0.0378. The van der Waals surface area contributed by atoms with Crippen molar-refractivity contribution in [3.05, 3.63) is 0 Å². The molecule has 0 spiro atoms. The molecule has 0 N–H and O–H groups in total. The molecule has 6 heteroatoms. The van der Waals surface area contributed by atoms with Crippen LogP contribution in [0.5, 0.6) is 0 Å². The van der Waals surface area contributed by atoms with Crippen molar-refractivity contribution in [1.29, 1.82) is 0 Å². The summed E-state index contributed by atoms with van der Waals surface area (Å²) in [5.74, 6) is 3.81. The van der Waals surface area contributed by atoms with Crippen LogP contribution < -0.4 is 0 Å². The molecule has 6 nitrogen and oxygen atoms in total. The molecule has 0 fully saturated rings. The first-order valence-corrected chi connectivity index (χ1v) is 8.15. The minimum Gasteiger partial charge on any atom is -0.452 e. The Hall–Kier alpha value is -1.13. The number of esters is 1. The van der Waals surface area contributed by atoms with Crippen molar-refractivity contribution < 1.29 is 28.5 Å². The average Bonchev–Trinajstić information content (AvgIpc) is 2.51. The molecular weight excluding hydrogens is 300 g/mol. The van der Waals surface area contributed by atoms with Crippen LogP contribution in [0.15, 0.2) is 0 Å². The van der Waals surface area contributed by atoms with E-state index in [0.717, 1.165) is 0 Å². The fourth-order valence-corrected chi connectivity index (χ4v) is 1.74. The van der Waals surface area contributed by atoms with E-state index in [-0.39, 0.29) is 18.5 Å². The first-order chi connectivity index (χ1) is 11.0. The fourth-order valence-electron chi connectivity index (χ4n) is 1.74. The highest BCUT2D eigenvalue weighted by Crippen LogP contribution is 2.22. The summed E-state index contributed by atoms with van der Waals surface area (Å²) in [6.07, 6.45) is -0.786. The van der Waals surface area contributed by atoms with Crippen molar-refractivity contribution in [3.8, 4) is 11.8 Å². The topological polar surface area (TPSA) is 63.2 Å². The largest absolute Gasteiger partial charge is 0.452 e. The monoisotopic (exact) mass is 330 g/mol. The molecule has 0 unspecified atom stereocenters. The van der Waals surface area contributed by atoms with Gasteiger partial charge in [-0.1, -0.05) is 19.8 Å². The summed E-state index contributed by atoms with van der Waals surface area (Å²) in [6, 6.07) is 0. The standard InChI is InChI=1S/C17H30O6/c1-7-19-16(20-8-2)17(22-9-3,23-10-4)12-11-13-21-15(18)14(5)6/h14,16H,7-10,13H2,1-6H3. The molecule has 0 aliphatic carbocycles. The van der Waals surface area contributed by atoms with Gasteiger partial charge in [0.15, 0.2) is 6.61 Å². The molecule has 0 saturated carbocycles. The highest BCUT2D eigenvalue weighted by atomic mass is 16.8. The summed E-state index contributed by atoms with van der Waals surface area (Å²) < 4.78 is 27.6. The lowest BCUT2D eigenvalue weighted by atomic mass is 10.2. The summed E-state index contributed by atoms with van der Waals surface area (Å²) in [5.41, 5.74) is 0. The molecule has 0 atom stereocenters. The van der Waals surface area contributed by atoms with Crippen molar-refractivity contribution in [2.24, 2.45) is 5.92 Å². The van der Waals surface area contributed by atoms with Gasteiger partial charge in [0.25, 0.3) is 5.79 Å². The summed E-state index contributed by atoms with van der Waals surface area (Å²) in [5, 5.41) is 0. The molecule has 0 amide bonds. The van der Waals surface area contributed by atoms with Gasteiger partial charge in [-0.25, -0.2) is 0 Å². The summed E-state index contributed by atoms with van der Waals surface area (Å²) >= 11 is 0. The maximum atomic E-state index is 11.5. The number of carbonyl (C=O) groups is 1. The maximum Gasteiger partial charge on any atom is 0.309 e. The van der Waals surface area contributed by atoms with Crippen LogP contribution in [0.2, 0.25) is 0 Å². The predicted octanol–water partition coefficient (Wildman–Crippen LogP) is 2.36. The second-order valence-electron chi connectivity index (χ2n) is 4.84. The van der Waals surface area contributed by atoms with Crippen molar-refractivity contribution in [1.82, 2.24) is 0 Å². The second-order valence-corrected chi connectivity index (χ2v) is 4.84. The van der Waals surface area contributed by atoms with E-state index in [4.69, 9.17) is 23.7 Å². The third-order valence-electron chi connectivity index (χ3n) is 2.68. The Balaban J connectivity index is 5.20. The molecule has 0 heterocycles. The van der Waals surface area contributed by atoms with Crippen LogP contribution in [0.25, 0.3) is 0 Å². The number of hydrogen-bond acceptors (Lipinski definition) is 6. The molecule has 0 saturated heterocycles. The van der Waals surface area contributed by atoms with Gasteiger partial charge in [-0.15, -0.1) is 0 Å². The van der Waals surface area contributed by atoms with Crippen LogP contribution in [-0.2, 0) is 28.5 Å². The van der Waals surface area contributed by atoms with Gasteiger partial charge in [0.1, 0.15) is 0 Å². The maximum absolute atomic E-state index is 11.5. The Labute approximate surface area is 139 Å². The van der Waals surface area contributed by atoms with Gasteiger partial charge >= 0.3 is 5.97 Å². The number of hydrogen-bond donors (Lipinski definition) is 0. The highest BCUT2D eigenvalue weighted by Gasteiger charge is 2.41. The van der Waals surface area contributed by atoms with E-state index < -0.39 is 12.1 Å². The predicted molar refractivity (Wildman–Crippen MR) is 86.6 cm³/mol. The molecule has 0 aromatic carbocycles. The summed E-state index contributed by atoms with van der Waals surface area (Å²) in [6.45, 7) is 12.5. The number of carbonyl (C=O) groups excluding carboxylic acids is 1. The molecule has 0 aromatic heterocycles. The van der Waals surface area contributed by atoms with Crippen LogP contribution in [0, 0.1) is 17.8 Å². The smallest absolute Gasteiger partial charge is 0.309 e. The third-order valence-corrected chi connectivity index (χ3v) is 2.68. The lowest BCUT2D eigenvalue weighted by molar-refractivity contribution is -0.321. The van der Waals surface area contributed by atoms with Crippen molar-refractivity contribution in [2.45, 2.75) is 53.6 Å². The van der Waals surface area contributed by atoms with Crippen LogP contribution in [-0.4, -0.2) is 51.1 Å². The Morgan fingerprint density at radius 3 is 1.87 bits per heavy atom. The van der Waals surface area contributed by atoms with Gasteiger partial charge in [0.2, 0.25) is 6.29 Å². The quantitative estimate of drug-likeness (QED) is 0.329. The Bertz CT molecular complexity index is 370. The molecule has 0 bridgehead atoms. The Morgan fingerprint density at radius 2 is 1.48 bits per heavy atom. The molecule has 0 rings (SSSR count). The minimum atomic E-state index is -1.35. The molecule has 23 heavy (non-hydrogen) atoms. The van der Waals surface area contributed by atoms with E-state index in [0.29, 0.717) is 26.4 Å². The van der Waals surface area contributed by atoms with Crippen molar-refractivity contribution >= 4 is 5.97 Å². The van der Waals surface area contributed by atoms with Crippen molar-refractivity contribution in [2.75, 3.05) is 33.0 Å². The second kappa shape index (κ2) is 12.3. The van der Waals surface area contributed by atoms with Gasteiger partial charge < -0.3 is 23.7 Å². The van der Waals surface area contributed by atoms with E-state index in [1.807, 2.05) is 27.7 Å². The molecular formula is C17H30O6. The van der Waals surface area contributed by atoms with Crippen LogP contribution in [0.4, 0.5) is 0 Å². The van der Waals surface area contributed by atoms with Gasteiger partial charge in [-0.3, -0.25) is 4.79 Å². The molecule has 0 aliphatic rings. The fraction of sp³-hybridized carbons (Fsp3) is 0.824. The number of rotatable bonds is 11. The van der Waals surface area contributed by atoms with Gasteiger partial charge in [0, 0.05) is 26.4 Å². The van der Waals surface area contributed by atoms with Crippen molar-refractivity contribution in [3.63, 3.8) is 0 Å². The zero-order valence-electron chi connectivity index (χ0n) is 15.1. The normalized spacial score (nSPS) is 11.5. The first kappa shape index (κ1) is 21.9. The average molecular weight is 330 g/mol. The van der Waals surface area contributed by atoms with E-state index in [1.165, 1.54) is 0 Å². The van der Waals surface area contributed by atoms with Gasteiger partial charge in [-0.2, -0.15) is 0 Å². The van der Waals surface area contributed by atoms with E-state index in [1.54, 1.807) is 13.8 Å². The first-order valence-electron chi connectivity index (χ1n) is 8.15.